The van der Waals surface area contributed by atoms with Crippen LogP contribution in [0.2, 0.25) is 0 Å². The average Bonchev–Trinajstić information content (AvgIpc) is 2.35. The van der Waals surface area contributed by atoms with Gasteiger partial charge in [-0.1, -0.05) is 0 Å². The van der Waals surface area contributed by atoms with Crippen LogP contribution in [-0.4, -0.2) is 22.8 Å². The van der Waals surface area contributed by atoms with Gasteiger partial charge in [-0.25, -0.2) is 4.79 Å². The molecule has 0 saturated heterocycles. The number of alkyl halides is 6. The number of carbonyl (C=O) groups is 1. The van der Waals surface area contributed by atoms with Crippen molar-refractivity contribution in [1.29, 1.82) is 0 Å². The van der Waals surface area contributed by atoms with Gasteiger partial charge in [-0.05, 0) is 48.5 Å². The Bertz CT molecular complexity index is 622. The maximum absolute atomic E-state index is 12.7. The van der Waals surface area contributed by atoms with E-state index in [0.29, 0.717) is 13.0 Å². The molecule has 0 aliphatic carbocycles. The van der Waals surface area contributed by atoms with Crippen molar-refractivity contribution in [2.24, 2.45) is 5.92 Å². The zero-order valence-electron chi connectivity index (χ0n) is 11.4. The Balaban J connectivity index is 3.31. The van der Waals surface area contributed by atoms with Crippen LogP contribution in [0.3, 0.4) is 0 Å². The second kappa shape index (κ2) is 7.08. The van der Waals surface area contributed by atoms with Gasteiger partial charge >= 0.3 is 17.7 Å². The van der Waals surface area contributed by atoms with Gasteiger partial charge in [-0.3, -0.25) is 0 Å². The summed E-state index contributed by atoms with van der Waals surface area (Å²) in [4.78, 5) is 10.8. The summed E-state index contributed by atoms with van der Waals surface area (Å²) in [7, 11) is 0. The normalized spacial score (nSPS) is 14.7. The molecule has 1 rings (SSSR count). The third-order valence-electron chi connectivity index (χ3n) is 2.75. The molecule has 128 valence electrons. The molecule has 0 saturated carbocycles. The lowest BCUT2D eigenvalue weighted by molar-refractivity contribution is -0.165. The summed E-state index contributed by atoms with van der Waals surface area (Å²) < 4.78 is 75.1. The van der Waals surface area contributed by atoms with Crippen LogP contribution in [0.1, 0.15) is 12.5 Å². The summed E-state index contributed by atoms with van der Waals surface area (Å²) in [5.41, 5.74) is -5.70. The van der Waals surface area contributed by atoms with Gasteiger partial charge in [-0.2, -0.15) is 26.3 Å². The first-order chi connectivity index (χ1) is 10.3. The Morgan fingerprint density at radius 2 is 1.83 bits per heavy atom. The highest BCUT2D eigenvalue weighted by Gasteiger charge is 2.40. The van der Waals surface area contributed by atoms with E-state index in [4.69, 9.17) is 5.11 Å². The fraction of sp³-hybridized carbons (Fsp3) is 0.308. The van der Waals surface area contributed by atoms with Crippen LogP contribution < -0.4 is 0 Å². The molecule has 1 N–H and O–H groups in total. The molecule has 0 amide bonds. The van der Waals surface area contributed by atoms with Gasteiger partial charge in [0, 0.05) is 15.4 Å². The van der Waals surface area contributed by atoms with E-state index in [1.807, 2.05) is 0 Å². The van der Waals surface area contributed by atoms with Crippen molar-refractivity contribution in [2.45, 2.75) is 28.4 Å². The number of aliphatic carboxylic acids is 1. The standard InChI is InChI=1S/C13H10F6O2S2/c1-6(12(14,15)16)9(11(20)21)5-7-4-8(2-3-10(7)22)23-13(17,18)19/h2-6,22H,1H3,(H,20,21)/b9-5+. The summed E-state index contributed by atoms with van der Waals surface area (Å²) in [5, 5.41) is 8.94. The molecule has 0 aliphatic rings. The molecule has 1 atom stereocenters. The van der Waals surface area contributed by atoms with Crippen LogP contribution in [0.15, 0.2) is 33.6 Å². The first-order valence-electron chi connectivity index (χ1n) is 5.91. The zero-order valence-corrected chi connectivity index (χ0v) is 13.1. The number of rotatable bonds is 4. The average molecular weight is 376 g/mol. The van der Waals surface area contributed by atoms with Gasteiger partial charge in [0.05, 0.1) is 5.92 Å². The minimum atomic E-state index is -4.79. The number of benzene rings is 1. The van der Waals surface area contributed by atoms with Crippen molar-refractivity contribution in [3.63, 3.8) is 0 Å². The third kappa shape index (κ3) is 6.02. The number of carboxylic acids is 1. The fourth-order valence-corrected chi connectivity index (χ4v) is 2.35. The van der Waals surface area contributed by atoms with Gasteiger partial charge in [0.15, 0.2) is 0 Å². The van der Waals surface area contributed by atoms with Crippen LogP contribution >= 0.6 is 24.4 Å². The Hall–Kier alpha value is -1.29. The van der Waals surface area contributed by atoms with Gasteiger partial charge in [0.1, 0.15) is 0 Å². The van der Waals surface area contributed by atoms with E-state index in [2.05, 4.69) is 12.6 Å². The van der Waals surface area contributed by atoms with Crippen LogP contribution in [0, 0.1) is 5.92 Å². The SMILES string of the molecule is CC(/C(=C\c1cc(SC(F)(F)F)ccc1S)C(=O)O)C(F)(F)F. The summed E-state index contributed by atoms with van der Waals surface area (Å²) >= 11 is 3.47. The molecule has 0 aromatic heterocycles. The molecule has 0 fully saturated rings. The Morgan fingerprint density at radius 3 is 2.26 bits per heavy atom. The number of halogens is 6. The lowest BCUT2D eigenvalue weighted by Gasteiger charge is -2.17. The molecule has 0 spiro atoms. The summed E-state index contributed by atoms with van der Waals surface area (Å²) in [6, 6.07) is 3.18. The fourth-order valence-electron chi connectivity index (χ4n) is 1.56. The Kier molecular flexibility index (Phi) is 6.08. The highest BCUT2D eigenvalue weighted by atomic mass is 32.2. The maximum Gasteiger partial charge on any atom is 0.446 e. The highest BCUT2D eigenvalue weighted by molar-refractivity contribution is 8.00. The molecule has 0 radical (unpaired) electrons. The molecular formula is C13H10F6O2S2. The van der Waals surface area contributed by atoms with Crippen LogP contribution in [-0.2, 0) is 4.79 Å². The number of thioether (sulfide) groups is 1. The molecule has 0 aliphatic heterocycles. The van der Waals surface area contributed by atoms with E-state index in [-0.39, 0.29) is 15.4 Å². The molecule has 1 aromatic carbocycles. The zero-order chi connectivity index (χ0) is 18.0. The number of hydrogen-bond donors (Lipinski definition) is 2. The molecule has 23 heavy (non-hydrogen) atoms. The third-order valence-corrected chi connectivity index (χ3v) is 3.88. The smallest absolute Gasteiger partial charge is 0.446 e. The first-order valence-corrected chi connectivity index (χ1v) is 7.18. The van der Waals surface area contributed by atoms with Crippen molar-refractivity contribution in [2.75, 3.05) is 0 Å². The van der Waals surface area contributed by atoms with E-state index >= 15 is 0 Å². The first kappa shape index (κ1) is 19.8. The maximum atomic E-state index is 12.7. The van der Waals surface area contributed by atoms with Crippen LogP contribution in [0.5, 0.6) is 0 Å². The van der Waals surface area contributed by atoms with Crippen LogP contribution in [0.25, 0.3) is 6.08 Å². The van der Waals surface area contributed by atoms with Gasteiger partial charge < -0.3 is 5.11 Å². The summed E-state index contributed by atoms with van der Waals surface area (Å²) in [6.45, 7) is 0.659. The largest absolute Gasteiger partial charge is 0.478 e. The lowest BCUT2D eigenvalue weighted by Crippen LogP contribution is -2.25. The molecule has 1 unspecified atom stereocenters. The van der Waals surface area contributed by atoms with Crippen molar-refractivity contribution in [3.8, 4) is 0 Å². The van der Waals surface area contributed by atoms with E-state index in [0.717, 1.165) is 18.2 Å². The lowest BCUT2D eigenvalue weighted by atomic mass is 9.98. The molecular weight excluding hydrogens is 366 g/mol. The van der Waals surface area contributed by atoms with E-state index < -0.39 is 40.9 Å². The number of carboxylic acid groups (broad SMARTS) is 1. The molecule has 0 bridgehead atoms. The van der Waals surface area contributed by atoms with E-state index in [1.54, 1.807) is 0 Å². The summed E-state index contributed by atoms with van der Waals surface area (Å²) in [5.74, 6) is -4.09. The predicted octanol–water partition coefficient (Wildman–Crippen LogP) is 5.25. The van der Waals surface area contributed by atoms with Gasteiger partial charge in [-0.15, -0.1) is 12.6 Å². The van der Waals surface area contributed by atoms with Crippen molar-refractivity contribution in [3.05, 3.63) is 29.3 Å². The van der Waals surface area contributed by atoms with Crippen LogP contribution in [0.4, 0.5) is 26.3 Å². The molecule has 2 nitrogen and oxygen atoms in total. The summed E-state index contributed by atoms with van der Waals surface area (Å²) in [6.07, 6.45) is -4.11. The number of hydrogen-bond acceptors (Lipinski definition) is 3. The predicted molar refractivity (Wildman–Crippen MR) is 76.4 cm³/mol. The quantitative estimate of drug-likeness (QED) is 0.326. The monoisotopic (exact) mass is 376 g/mol. The molecule has 0 heterocycles. The second-order valence-corrected chi connectivity index (χ2v) is 6.06. The number of thiol groups is 1. The molecule has 10 heteroatoms. The Morgan fingerprint density at radius 1 is 1.26 bits per heavy atom. The second-order valence-electron chi connectivity index (χ2n) is 4.44. The van der Waals surface area contributed by atoms with Gasteiger partial charge in [0.25, 0.3) is 0 Å². The van der Waals surface area contributed by atoms with Gasteiger partial charge in [0.2, 0.25) is 0 Å². The molecule has 1 aromatic rings. The van der Waals surface area contributed by atoms with E-state index in [9.17, 15) is 31.1 Å². The van der Waals surface area contributed by atoms with Crippen molar-refractivity contribution < 1.29 is 36.2 Å². The topological polar surface area (TPSA) is 37.3 Å². The van der Waals surface area contributed by atoms with E-state index in [1.165, 1.54) is 0 Å². The highest BCUT2D eigenvalue weighted by Crippen LogP contribution is 2.39. The Labute approximate surface area is 137 Å². The van der Waals surface area contributed by atoms with Crippen molar-refractivity contribution in [1.82, 2.24) is 0 Å². The minimum Gasteiger partial charge on any atom is -0.478 e. The minimum absolute atomic E-state index is 0.0599. The van der Waals surface area contributed by atoms with Crippen molar-refractivity contribution >= 4 is 36.4 Å².